The molecule has 1 unspecified atom stereocenters. The van der Waals surface area contributed by atoms with E-state index in [4.69, 9.17) is 4.74 Å². The van der Waals surface area contributed by atoms with Crippen molar-refractivity contribution in [3.05, 3.63) is 41.2 Å². The van der Waals surface area contributed by atoms with E-state index in [0.29, 0.717) is 18.2 Å². The second-order valence-electron chi connectivity index (χ2n) is 6.91. The first-order chi connectivity index (χ1) is 12.2. The van der Waals surface area contributed by atoms with Gasteiger partial charge in [0.1, 0.15) is 5.75 Å². The Hall–Kier alpha value is -2.05. The fraction of sp³-hybridized carbons (Fsp3) is 0.474. The van der Waals surface area contributed by atoms with Crippen molar-refractivity contribution in [2.45, 2.75) is 38.8 Å². The minimum absolute atomic E-state index is 0. The molecule has 2 aromatic rings. The second-order valence-corrected chi connectivity index (χ2v) is 6.91. The normalized spacial score (nSPS) is 17.0. The molecule has 1 aromatic heterocycles. The number of carbonyl (C=O) groups excluding carboxylic acids is 1. The van der Waals surface area contributed by atoms with Crippen molar-refractivity contribution in [3.8, 4) is 5.75 Å². The quantitative estimate of drug-likeness (QED) is 0.841. The average Bonchev–Trinajstić information content (AvgIpc) is 3.41. The zero-order valence-corrected chi connectivity index (χ0v) is 15.9. The first-order valence-corrected chi connectivity index (χ1v) is 8.93. The van der Waals surface area contributed by atoms with E-state index in [2.05, 4.69) is 22.4 Å². The first-order valence-electron chi connectivity index (χ1n) is 8.93. The van der Waals surface area contributed by atoms with E-state index in [1.807, 2.05) is 29.2 Å². The van der Waals surface area contributed by atoms with Crippen LogP contribution < -0.4 is 15.0 Å². The van der Waals surface area contributed by atoms with Crippen LogP contribution in [0.5, 0.6) is 5.75 Å². The molecule has 4 rings (SSSR count). The summed E-state index contributed by atoms with van der Waals surface area (Å²) in [5.74, 6) is 1.33. The number of aromatic amines is 1. The molecule has 1 aliphatic carbocycles. The molecule has 26 heavy (non-hydrogen) atoms. The summed E-state index contributed by atoms with van der Waals surface area (Å²) in [5, 5.41) is 10.8. The molecule has 1 atom stereocenters. The first kappa shape index (κ1) is 18.7. The van der Waals surface area contributed by atoms with Crippen LogP contribution in [-0.4, -0.2) is 35.8 Å². The topological polar surface area (TPSA) is 70.2 Å². The van der Waals surface area contributed by atoms with Gasteiger partial charge in [0.05, 0.1) is 7.11 Å². The van der Waals surface area contributed by atoms with E-state index >= 15 is 0 Å². The lowest BCUT2D eigenvalue weighted by molar-refractivity contribution is 0.0969. The van der Waals surface area contributed by atoms with E-state index in [0.717, 1.165) is 35.7 Å². The number of benzene rings is 1. The van der Waals surface area contributed by atoms with Gasteiger partial charge in [-0.25, -0.2) is 0 Å². The molecule has 0 spiro atoms. The van der Waals surface area contributed by atoms with Crippen LogP contribution in [0.1, 0.15) is 41.5 Å². The molecule has 2 heterocycles. The van der Waals surface area contributed by atoms with Crippen LogP contribution in [0.4, 0.5) is 5.69 Å². The van der Waals surface area contributed by atoms with Gasteiger partial charge in [-0.3, -0.25) is 9.89 Å². The number of fused-ring (bicyclic) bond motifs is 1. The number of nitrogens with one attached hydrogen (secondary N) is 2. The minimum Gasteiger partial charge on any atom is -0.497 e. The van der Waals surface area contributed by atoms with Crippen LogP contribution in [0.25, 0.3) is 0 Å². The van der Waals surface area contributed by atoms with Crippen molar-refractivity contribution in [1.29, 1.82) is 0 Å². The lowest BCUT2D eigenvalue weighted by atomic mass is 10.0. The van der Waals surface area contributed by atoms with Crippen molar-refractivity contribution in [3.63, 3.8) is 0 Å². The summed E-state index contributed by atoms with van der Waals surface area (Å²) in [7, 11) is 1.65. The van der Waals surface area contributed by atoms with Crippen LogP contribution in [-0.2, 0) is 13.0 Å². The maximum absolute atomic E-state index is 13.4. The summed E-state index contributed by atoms with van der Waals surface area (Å²) in [6.45, 7) is 3.75. The Bertz CT molecular complexity index is 770. The van der Waals surface area contributed by atoms with E-state index < -0.39 is 0 Å². The van der Waals surface area contributed by atoms with E-state index in [-0.39, 0.29) is 24.4 Å². The number of methoxy groups -OCH3 is 1. The van der Waals surface area contributed by atoms with Gasteiger partial charge in [-0.2, -0.15) is 5.10 Å². The number of aromatic nitrogens is 2. The standard InChI is InChI=1S/C19H24N4O2.ClH/c1-12(13-3-4-13)23(14-5-7-15(25-2)8-6-14)19(24)18-16-11-20-10-9-17(16)21-22-18;/h5-8,12-13,20H,3-4,9-11H2,1-2H3,(H,21,22);1H. The van der Waals surface area contributed by atoms with Gasteiger partial charge in [0.25, 0.3) is 5.91 Å². The molecule has 1 amide bonds. The van der Waals surface area contributed by atoms with Crippen molar-refractivity contribution in [2.24, 2.45) is 5.92 Å². The predicted octanol–water partition coefficient (Wildman–Crippen LogP) is 2.93. The van der Waals surface area contributed by atoms with Gasteiger partial charge in [0.15, 0.2) is 5.69 Å². The molecule has 0 radical (unpaired) electrons. The van der Waals surface area contributed by atoms with Crippen molar-refractivity contribution < 1.29 is 9.53 Å². The van der Waals surface area contributed by atoms with Gasteiger partial charge in [0, 0.05) is 42.5 Å². The molecular formula is C19H25ClN4O2. The van der Waals surface area contributed by atoms with Gasteiger partial charge in [-0.05, 0) is 49.9 Å². The minimum atomic E-state index is -0.0224. The average molecular weight is 377 g/mol. The maximum Gasteiger partial charge on any atom is 0.279 e. The molecule has 0 bridgehead atoms. The highest BCUT2D eigenvalue weighted by Crippen LogP contribution is 2.38. The third kappa shape index (κ3) is 3.44. The van der Waals surface area contributed by atoms with Gasteiger partial charge >= 0.3 is 0 Å². The number of carbonyl (C=O) groups is 1. The molecule has 140 valence electrons. The number of hydrogen-bond acceptors (Lipinski definition) is 4. The molecule has 2 N–H and O–H groups in total. The highest BCUT2D eigenvalue weighted by Gasteiger charge is 2.37. The molecule has 1 aliphatic heterocycles. The number of halogens is 1. The number of nitrogens with zero attached hydrogens (tertiary/aromatic N) is 2. The summed E-state index contributed by atoms with van der Waals surface area (Å²) in [6, 6.07) is 7.86. The molecule has 1 saturated carbocycles. The third-order valence-corrected chi connectivity index (χ3v) is 5.29. The summed E-state index contributed by atoms with van der Waals surface area (Å²) < 4.78 is 5.25. The van der Waals surface area contributed by atoms with Crippen LogP contribution in [0.3, 0.4) is 0 Å². The smallest absolute Gasteiger partial charge is 0.279 e. The van der Waals surface area contributed by atoms with Crippen LogP contribution in [0.2, 0.25) is 0 Å². The molecular weight excluding hydrogens is 352 g/mol. The fourth-order valence-corrected chi connectivity index (χ4v) is 3.59. The number of rotatable bonds is 5. The Labute approximate surface area is 159 Å². The van der Waals surface area contributed by atoms with Gasteiger partial charge < -0.3 is 15.0 Å². The summed E-state index contributed by atoms with van der Waals surface area (Å²) in [4.78, 5) is 15.3. The van der Waals surface area contributed by atoms with Gasteiger partial charge in [0.2, 0.25) is 0 Å². The number of ether oxygens (including phenoxy) is 1. The highest BCUT2D eigenvalue weighted by atomic mass is 35.5. The fourth-order valence-electron chi connectivity index (χ4n) is 3.59. The van der Waals surface area contributed by atoms with Crippen LogP contribution in [0, 0.1) is 5.92 Å². The van der Waals surface area contributed by atoms with E-state index in [1.165, 1.54) is 12.8 Å². The lowest BCUT2D eigenvalue weighted by Gasteiger charge is -2.29. The Morgan fingerprint density at radius 3 is 2.69 bits per heavy atom. The van der Waals surface area contributed by atoms with E-state index in [1.54, 1.807) is 7.11 Å². The van der Waals surface area contributed by atoms with Crippen molar-refractivity contribution in [1.82, 2.24) is 15.5 Å². The molecule has 6 nitrogen and oxygen atoms in total. The third-order valence-electron chi connectivity index (χ3n) is 5.29. The Morgan fingerprint density at radius 2 is 2.04 bits per heavy atom. The van der Waals surface area contributed by atoms with E-state index in [9.17, 15) is 4.79 Å². The second kappa shape index (κ2) is 7.68. The van der Waals surface area contributed by atoms with Crippen molar-refractivity contribution in [2.75, 3.05) is 18.6 Å². The maximum atomic E-state index is 13.4. The van der Waals surface area contributed by atoms with Crippen LogP contribution >= 0.6 is 12.4 Å². The molecule has 1 fully saturated rings. The Kier molecular flexibility index (Phi) is 5.53. The van der Waals surface area contributed by atoms with Crippen LogP contribution in [0.15, 0.2) is 24.3 Å². The zero-order valence-electron chi connectivity index (χ0n) is 15.1. The molecule has 2 aliphatic rings. The zero-order chi connectivity index (χ0) is 17.4. The lowest BCUT2D eigenvalue weighted by Crippen LogP contribution is -2.41. The number of amides is 1. The number of hydrogen-bond donors (Lipinski definition) is 2. The molecule has 0 saturated heterocycles. The van der Waals surface area contributed by atoms with Gasteiger partial charge in [-0.15, -0.1) is 12.4 Å². The monoisotopic (exact) mass is 376 g/mol. The largest absolute Gasteiger partial charge is 0.497 e. The summed E-state index contributed by atoms with van der Waals surface area (Å²) in [6.07, 6.45) is 3.25. The molecule has 1 aromatic carbocycles. The van der Waals surface area contributed by atoms with Crippen molar-refractivity contribution >= 4 is 24.0 Å². The highest BCUT2D eigenvalue weighted by molar-refractivity contribution is 6.06. The summed E-state index contributed by atoms with van der Waals surface area (Å²) in [5.41, 5.74) is 3.53. The molecule has 7 heteroatoms. The van der Waals surface area contributed by atoms with Gasteiger partial charge in [-0.1, -0.05) is 0 Å². The number of anilines is 1. The Balaban J connectivity index is 0.00000196. The summed E-state index contributed by atoms with van der Waals surface area (Å²) >= 11 is 0. The number of H-pyrrole nitrogens is 1. The predicted molar refractivity (Wildman–Crippen MR) is 103 cm³/mol. The SMILES string of the molecule is COc1ccc(N(C(=O)c2n[nH]c3c2CNCC3)C(C)C2CC2)cc1.Cl. The Morgan fingerprint density at radius 1 is 1.31 bits per heavy atom.